The maximum absolute atomic E-state index is 13.1. The molecule has 4 nitrogen and oxygen atoms in total. The molecule has 1 aliphatic heterocycles. The molecule has 0 spiro atoms. The van der Waals surface area contributed by atoms with E-state index in [1.165, 1.54) is 12.8 Å². The number of nitrogens with one attached hydrogen (secondary N) is 2. The van der Waals surface area contributed by atoms with Crippen molar-refractivity contribution in [3.05, 3.63) is 29.8 Å². The second-order valence-corrected chi connectivity index (χ2v) is 6.61. The van der Waals surface area contributed by atoms with Crippen molar-refractivity contribution in [2.75, 3.05) is 31.5 Å². The zero-order valence-corrected chi connectivity index (χ0v) is 14.4. The summed E-state index contributed by atoms with van der Waals surface area (Å²) in [7, 11) is 0. The fraction of sp³-hybridized carbons (Fsp3) is 0.588. The Labute approximate surface area is 147 Å². The van der Waals surface area contributed by atoms with Crippen LogP contribution in [-0.4, -0.2) is 43.0 Å². The lowest BCUT2D eigenvalue weighted by atomic mass is 10.0. The molecule has 24 heavy (non-hydrogen) atoms. The standard InChI is InChI=1S/C17H23F2N3O.ClH/c18-13-7-14(19)9-16(8-13)21-17(23)11-22-5-3-15(4-6-22)20-10-12-1-2-12;/h7-9,12,15,20H,1-6,10-11H2,(H,21,23);1H. The van der Waals surface area contributed by atoms with Crippen LogP contribution in [0.15, 0.2) is 18.2 Å². The summed E-state index contributed by atoms with van der Waals surface area (Å²) in [6.07, 6.45) is 4.78. The van der Waals surface area contributed by atoms with Gasteiger partial charge in [-0.25, -0.2) is 8.78 Å². The summed E-state index contributed by atoms with van der Waals surface area (Å²) in [5, 5.41) is 6.15. The summed E-state index contributed by atoms with van der Waals surface area (Å²) >= 11 is 0. The minimum absolute atomic E-state index is 0. The monoisotopic (exact) mass is 359 g/mol. The number of hydrogen-bond donors (Lipinski definition) is 2. The Bertz CT molecular complexity index is 541. The van der Waals surface area contributed by atoms with Gasteiger partial charge >= 0.3 is 0 Å². The van der Waals surface area contributed by atoms with Gasteiger partial charge in [0.2, 0.25) is 5.91 Å². The highest BCUT2D eigenvalue weighted by Crippen LogP contribution is 2.28. The van der Waals surface area contributed by atoms with E-state index in [9.17, 15) is 13.6 Å². The van der Waals surface area contributed by atoms with E-state index in [1.54, 1.807) is 0 Å². The molecule has 0 radical (unpaired) electrons. The SMILES string of the molecule is Cl.O=C(CN1CCC(NCC2CC2)CC1)Nc1cc(F)cc(F)c1. The Morgan fingerprint density at radius 3 is 2.29 bits per heavy atom. The molecule has 0 atom stereocenters. The lowest BCUT2D eigenvalue weighted by molar-refractivity contribution is -0.117. The van der Waals surface area contributed by atoms with E-state index in [4.69, 9.17) is 0 Å². The van der Waals surface area contributed by atoms with Gasteiger partial charge in [0.15, 0.2) is 0 Å². The average Bonchev–Trinajstić information content (AvgIpc) is 3.29. The minimum atomic E-state index is -0.692. The van der Waals surface area contributed by atoms with Crippen LogP contribution in [0.2, 0.25) is 0 Å². The van der Waals surface area contributed by atoms with E-state index >= 15 is 0 Å². The van der Waals surface area contributed by atoms with Crippen molar-refractivity contribution in [2.45, 2.75) is 31.7 Å². The zero-order chi connectivity index (χ0) is 16.2. The van der Waals surface area contributed by atoms with Crippen LogP contribution < -0.4 is 10.6 Å². The maximum Gasteiger partial charge on any atom is 0.238 e. The smallest absolute Gasteiger partial charge is 0.238 e. The number of rotatable bonds is 6. The molecule has 1 heterocycles. The molecule has 7 heteroatoms. The normalized spacial score (nSPS) is 18.9. The van der Waals surface area contributed by atoms with Gasteiger partial charge in [0, 0.05) is 30.9 Å². The van der Waals surface area contributed by atoms with Crippen molar-refractivity contribution in [3.8, 4) is 0 Å². The first-order valence-corrected chi connectivity index (χ1v) is 8.30. The van der Waals surface area contributed by atoms with Crippen LogP contribution in [0.1, 0.15) is 25.7 Å². The number of piperidine rings is 1. The second-order valence-electron chi connectivity index (χ2n) is 6.61. The first kappa shape index (κ1) is 19.1. The Morgan fingerprint density at radius 1 is 1.08 bits per heavy atom. The Kier molecular flexibility index (Phi) is 6.95. The molecule has 2 fully saturated rings. The zero-order valence-electron chi connectivity index (χ0n) is 13.6. The van der Waals surface area contributed by atoms with Crippen LogP contribution in [0.5, 0.6) is 0 Å². The van der Waals surface area contributed by atoms with Gasteiger partial charge in [-0.2, -0.15) is 0 Å². The molecule has 0 bridgehead atoms. The summed E-state index contributed by atoms with van der Waals surface area (Å²) in [5.41, 5.74) is 0.161. The number of anilines is 1. The number of carbonyl (C=O) groups excluding carboxylic acids is 1. The number of hydrogen-bond acceptors (Lipinski definition) is 3. The fourth-order valence-corrected chi connectivity index (χ4v) is 2.98. The van der Waals surface area contributed by atoms with E-state index in [2.05, 4.69) is 15.5 Å². The summed E-state index contributed by atoms with van der Waals surface area (Å²) in [6.45, 7) is 3.12. The third-order valence-electron chi connectivity index (χ3n) is 4.49. The van der Waals surface area contributed by atoms with Crippen molar-refractivity contribution >= 4 is 24.0 Å². The first-order chi connectivity index (χ1) is 11.1. The van der Waals surface area contributed by atoms with E-state index in [0.29, 0.717) is 6.04 Å². The lowest BCUT2D eigenvalue weighted by Crippen LogP contribution is -2.45. The lowest BCUT2D eigenvalue weighted by Gasteiger charge is -2.32. The molecule has 1 amide bonds. The molecule has 2 aliphatic rings. The Balaban J connectivity index is 0.00000208. The molecule has 2 N–H and O–H groups in total. The molecule has 1 saturated heterocycles. The topological polar surface area (TPSA) is 44.4 Å². The molecule has 1 aliphatic carbocycles. The highest BCUT2D eigenvalue weighted by molar-refractivity contribution is 5.92. The van der Waals surface area contributed by atoms with Crippen molar-refractivity contribution in [1.29, 1.82) is 0 Å². The quantitative estimate of drug-likeness (QED) is 0.821. The second kappa shape index (κ2) is 8.74. The molecular weight excluding hydrogens is 336 g/mol. The number of nitrogens with zero attached hydrogens (tertiary/aromatic N) is 1. The van der Waals surface area contributed by atoms with E-state index in [0.717, 1.165) is 56.6 Å². The largest absolute Gasteiger partial charge is 0.325 e. The number of halogens is 3. The van der Waals surface area contributed by atoms with Gasteiger partial charge in [-0.3, -0.25) is 9.69 Å². The van der Waals surface area contributed by atoms with Gasteiger partial charge in [0.05, 0.1) is 6.54 Å². The third kappa shape index (κ3) is 6.00. The number of likely N-dealkylation sites (tertiary alicyclic amines) is 1. The summed E-state index contributed by atoms with van der Waals surface area (Å²) in [6, 6.07) is 3.58. The van der Waals surface area contributed by atoms with E-state index < -0.39 is 11.6 Å². The van der Waals surface area contributed by atoms with Crippen molar-refractivity contribution in [1.82, 2.24) is 10.2 Å². The van der Waals surface area contributed by atoms with Gasteiger partial charge in [-0.15, -0.1) is 12.4 Å². The van der Waals surface area contributed by atoms with Crippen molar-refractivity contribution in [2.24, 2.45) is 5.92 Å². The summed E-state index contributed by atoms with van der Waals surface area (Å²) in [5.74, 6) is -0.740. The van der Waals surface area contributed by atoms with Gasteiger partial charge in [0.1, 0.15) is 11.6 Å². The van der Waals surface area contributed by atoms with E-state index in [-0.39, 0.29) is 30.5 Å². The minimum Gasteiger partial charge on any atom is -0.325 e. The molecule has 1 aromatic rings. The highest BCUT2D eigenvalue weighted by atomic mass is 35.5. The van der Waals surface area contributed by atoms with Gasteiger partial charge in [-0.1, -0.05) is 0 Å². The molecule has 3 rings (SSSR count). The predicted molar refractivity (Wildman–Crippen MR) is 92.4 cm³/mol. The predicted octanol–water partition coefficient (Wildman–Crippen LogP) is 2.79. The van der Waals surface area contributed by atoms with Gasteiger partial charge in [-0.05, 0) is 50.3 Å². The summed E-state index contributed by atoms with van der Waals surface area (Å²) in [4.78, 5) is 14.1. The molecule has 0 unspecified atom stereocenters. The Morgan fingerprint density at radius 2 is 1.71 bits per heavy atom. The number of carbonyl (C=O) groups is 1. The third-order valence-corrected chi connectivity index (χ3v) is 4.49. The van der Waals surface area contributed by atoms with Crippen molar-refractivity contribution in [3.63, 3.8) is 0 Å². The Hall–Kier alpha value is -1.24. The van der Waals surface area contributed by atoms with Crippen LogP contribution >= 0.6 is 12.4 Å². The van der Waals surface area contributed by atoms with Crippen LogP contribution in [-0.2, 0) is 4.79 Å². The van der Waals surface area contributed by atoms with Gasteiger partial charge in [0.25, 0.3) is 0 Å². The number of benzene rings is 1. The van der Waals surface area contributed by atoms with Crippen LogP contribution in [0.3, 0.4) is 0 Å². The van der Waals surface area contributed by atoms with Crippen LogP contribution in [0.4, 0.5) is 14.5 Å². The molecule has 1 saturated carbocycles. The van der Waals surface area contributed by atoms with Crippen molar-refractivity contribution < 1.29 is 13.6 Å². The van der Waals surface area contributed by atoms with E-state index in [1.807, 2.05) is 0 Å². The average molecular weight is 360 g/mol. The fourth-order valence-electron chi connectivity index (χ4n) is 2.98. The summed E-state index contributed by atoms with van der Waals surface area (Å²) < 4.78 is 26.2. The molecule has 1 aromatic carbocycles. The van der Waals surface area contributed by atoms with Crippen LogP contribution in [0.25, 0.3) is 0 Å². The molecule has 0 aromatic heterocycles. The first-order valence-electron chi connectivity index (χ1n) is 8.30. The maximum atomic E-state index is 13.1. The molecule has 134 valence electrons. The number of amides is 1. The van der Waals surface area contributed by atoms with Crippen LogP contribution in [0, 0.1) is 17.6 Å². The van der Waals surface area contributed by atoms with Gasteiger partial charge < -0.3 is 10.6 Å². The highest BCUT2D eigenvalue weighted by Gasteiger charge is 2.25. The molecular formula is C17H24ClF2N3O.